The Morgan fingerprint density at radius 2 is 2.10 bits per heavy atom. The van der Waals surface area contributed by atoms with Crippen molar-refractivity contribution in [2.45, 2.75) is 25.7 Å². The maximum absolute atomic E-state index is 9.23. The predicted molar refractivity (Wildman–Crippen MR) is 77.4 cm³/mol. The van der Waals surface area contributed by atoms with Crippen molar-refractivity contribution in [2.75, 3.05) is 11.9 Å². The molecule has 2 heterocycles. The Labute approximate surface area is 118 Å². The zero-order valence-corrected chi connectivity index (χ0v) is 11.3. The lowest BCUT2D eigenvalue weighted by atomic mass is 10.1. The van der Waals surface area contributed by atoms with Crippen molar-refractivity contribution >= 4 is 5.82 Å². The molecule has 1 aliphatic rings. The molecule has 4 heteroatoms. The molecule has 2 aromatic rings. The number of aryl methyl sites for hydroxylation is 2. The molecule has 0 bridgehead atoms. The molecule has 1 N–H and O–H groups in total. The SMILES string of the molecule is N#Cc1cc2c(nc1NCCc1ccncc1)CCC2. The molecule has 0 radical (unpaired) electrons. The topological polar surface area (TPSA) is 61.6 Å². The van der Waals surface area contributed by atoms with Gasteiger partial charge in [-0.15, -0.1) is 0 Å². The Hall–Kier alpha value is -2.41. The fourth-order valence-corrected chi connectivity index (χ4v) is 2.57. The van der Waals surface area contributed by atoms with Crippen molar-refractivity contribution in [1.82, 2.24) is 9.97 Å². The summed E-state index contributed by atoms with van der Waals surface area (Å²) in [6, 6.07) is 8.24. The van der Waals surface area contributed by atoms with E-state index in [0.29, 0.717) is 5.56 Å². The van der Waals surface area contributed by atoms with Gasteiger partial charge in [0.2, 0.25) is 0 Å². The number of nitrogens with zero attached hydrogens (tertiary/aromatic N) is 3. The molecule has 3 rings (SSSR count). The Balaban J connectivity index is 1.70. The van der Waals surface area contributed by atoms with E-state index < -0.39 is 0 Å². The number of anilines is 1. The minimum Gasteiger partial charge on any atom is -0.369 e. The summed E-state index contributed by atoms with van der Waals surface area (Å²) in [5.41, 5.74) is 4.27. The number of aromatic nitrogens is 2. The smallest absolute Gasteiger partial charge is 0.144 e. The highest BCUT2D eigenvalue weighted by molar-refractivity contribution is 5.55. The molecule has 0 spiro atoms. The molecule has 4 nitrogen and oxygen atoms in total. The third-order valence-corrected chi connectivity index (χ3v) is 3.63. The highest BCUT2D eigenvalue weighted by Gasteiger charge is 2.16. The van der Waals surface area contributed by atoms with Crippen molar-refractivity contribution in [2.24, 2.45) is 0 Å². The molecule has 1 aliphatic carbocycles. The van der Waals surface area contributed by atoms with Gasteiger partial charge in [-0.2, -0.15) is 5.26 Å². The van der Waals surface area contributed by atoms with Crippen LogP contribution in [-0.2, 0) is 19.3 Å². The van der Waals surface area contributed by atoms with Gasteiger partial charge < -0.3 is 5.32 Å². The summed E-state index contributed by atoms with van der Waals surface area (Å²) in [5.74, 6) is 0.724. The number of pyridine rings is 2. The van der Waals surface area contributed by atoms with Crippen molar-refractivity contribution in [3.05, 3.63) is 53.0 Å². The van der Waals surface area contributed by atoms with Crippen LogP contribution >= 0.6 is 0 Å². The van der Waals surface area contributed by atoms with Crippen molar-refractivity contribution in [3.63, 3.8) is 0 Å². The fraction of sp³-hybridized carbons (Fsp3) is 0.312. The lowest BCUT2D eigenvalue weighted by Crippen LogP contribution is -2.09. The predicted octanol–water partition coefficient (Wildman–Crippen LogP) is 2.49. The molecule has 0 aliphatic heterocycles. The van der Waals surface area contributed by atoms with Crippen LogP contribution in [-0.4, -0.2) is 16.5 Å². The first-order valence-electron chi connectivity index (χ1n) is 6.92. The van der Waals surface area contributed by atoms with E-state index in [2.05, 4.69) is 21.4 Å². The number of hydrogen-bond donors (Lipinski definition) is 1. The molecule has 100 valence electrons. The van der Waals surface area contributed by atoms with Crippen LogP contribution in [0, 0.1) is 11.3 Å². The summed E-state index contributed by atoms with van der Waals surface area (Å²) in [4.78, 5) is 8.61. The quantitative estimate of drug-likeness (QED) is 0.921. The zero-order chi connectivity index (χ0) is 13.8. The minimum absolute atomic E-state index is 0.653. The molecule has 0 atom stereocenters. The third-order valence-electron chi connectivity index (χ3n) is 3.63. The van der Waals surface area contributed by atoms with Gasteiger partial charge in [0.1, 0.15) is 11.9 Å². The second kappa shape index (κ2) is 5.70. The molecular formula is C16H16N4. The van der Waals surface area contributed by atoms with E-state index in [9.17, 15) is 5.26 Å². The van der Waals surface area contributed by atoms with Gasteiger partial charge in [0.05, 0.1) is 5.56 Å². The zero-order valence-electron chi connectivity index (χ0n) is 11.3. The van der Waals surface area contributed by atoms with E-state index in [1.54, 1.807) is 12.4 Å². The monoisotopic (exact) mass is 264 g/mol. The van der Waals surface area contributed by atoms with E-state index in [-0.39, 0.29) is 0 Å². The van der Waals surface area contributed by atoms with E-state index >= 15 is 0 Å². The lowest BCUT2D eigenvalue weighted by Gasteiger charge is -2.09. The van der Waals surface area contributed by atoms with Gasteiger partial charge in [0.15, 0.2) is 0 Å². The number of nitriles is 1. The number of hydrogen-bond acceptors (Lipinski definition) is 4. The lowest BCUT2D eigenvalue weighted by molar-refractivity contribution is 0.898. The van der Waals surface area contributed by atoms with E-state index in [4.69, 9.17) is 0 Å². The van der Waals surface area contributed by atoms with Crippen LogP contribution in [0.2, 0.25) is 0 Å². The van der Waals surface area contributed by atoms with Crippen LogP contribution in [0.1, 0.15) is 28.8 Å². The third kappa shape index (κ3) is 2.62. The summed E-state index contributed by atoms with van der Waals surface area (Å²) >= 11 is 0. The van der Waals surface area contributed by atoms with E-state index in [0.717, 1.165) is 43.7 Å². The molecular weight excluding hydrogens is 248 g/mol. The fourth-order valence-electron chi connectivity index (χ4n) is 2.57. The van der Waals surface area contributed by atoms with Crippen LogP contribution in [0.5, 0.6) is 0 Å². The molecule has 0 aromatic carbocycles. The maximum Gasteiger partial charge on any atom is 0.144 e. The summed E-state index contributed by atoms with van der Waals surface area (Å²) in [6.07, 6.45) is 7.71. The van der Waals surface area contributed by atoms with Crippen molar-refractivity contribution < 1.29 is 0 Å². The van der Waals surface area contributed by atoms with Crippen LogP contribution < -0.4 is 5.32 Å². The van der Waals surface area contributed by atoms with Gasteiger partial charge >= 0.3 is 0 Å². The Morgan fingerprint density at radius 3 is 2.90 bits per heavy atom. The molecule has 0 saturated heterocycles. The molecule has 0 fully saturated rings. The highest BCUT2D eigenvalue weighted by Crippen LogP contribution is 2.24. The molecule has 2 aromatic heterocycles. The minimum atomic E-state index is 0.653. The first-order chi connectivity index (χ1) is 9.86. The largest absolute Gasteiger partial charge is 0.369 e. The van der Waals surface area contributed by atoms with Gasteiger partial charge in [0, 0.05) is 24.6 Å². The summed E-state index contributed by atoms with van der Waals surface area (Å²) in [6.45, 7) is 0.768. The van der Waals surface area contributed by atoms with Crippen molar-refractivity contribution in [3.8, 4) is 6.07 Å². The van der Waals surface area contributed by atoms with E-state index in [1.165, 1.54) is 11.1 Å². The van der Waals surface area contributed by atoms with Gasteiger partial charge in [-0.05, 0) is 55.0 Å². The van der Waals surface area contributed by atoms with Gasteiger partial charge in [-0.3, -0.25) is 4.98 Å². The Kier molecular flexibility index (Phi) is 3.60. The molecule has 20 heavy (non-hydrogen) atoms. The van der Waals surface area contributed by atoms with Gasteiger partial charge in [0.25, 0.3) is 0 Å². The van der Waals surface area contributed by atoms with Crippen molar-refractivity contribution in [1.29, 1.82) is 5.26 Å². The van der Waals surface area contributed by atoms with Crippen LogP contribution in [0.3, 0.4) is 0 Å². The second-order valence-corrected chi connectivity index (χ2v) is 4.99. The van der Waals surface area contributed by atoms with Gasteiger partial charge in [-0.25, -0.2) is 4.98 Å². The number of nitrogens with one attached hydrogen (secondary N) is 1. The molecule has 0 saturated carbocycles. The van der Waals surface area contributed by atoms with Crippen LogP contribution in [0.4, 0.5) is 5.82 Å². The maximum atomic E-state index is 9.23. The van der Waals surface area contributed by atoms with Crippen LogP contribution in [0.15, 0.2) is 30.6 Å². The second-order valence-electron chi connectivity index (χ2n) is 4.99. The molecule has 0 amide bonds. The first kappa shape index (κ1) is 12.6. The van der Waals surface area contributed by atoms with Crippen LogP contribution in [0.25, 0.3) is 0 Å². The van der Waals surface area contributed by atoms with Gasteiger partial charge in [-0.1, -0.05) is 0 Å². The molecule has 0 unspecified atom stereocenters. The summed E-state index contributed by atoms with van der Waals surface area (Å²) in [7, 11) is 0. The normalized spacial score (nSPS) is 12.8. The average molecular weight is 264 g/mol. The summed E-state index contributed by atoms with van der Waals surface area (Å²) in [5, 5.41) is 12.5. The van der Waals surface area contributed by atoms with E-state index in [1.807, 2.05) is 18.2 Å². The number of fused-ring (bicyclic) bond motifs is 1. The standard InChI is InChI=1S/C16H16N4/c17-11-14-10-13-2-1-3-15(13)20-16(14)19-9-6-12-4-7-18-8-5-12/h4-5,7-8,10H,1-3,6,9H2,(H,19,20). The number of rotatable bonds is 4. The Morgan fingerprint density at radius 1 is 1.25 bits per heavy atom. The first-order valence-corrected chi connectivity index (χ1v) is 6.92. The Bertz CT molecular complexity index is 644. The average Bonchev–Trinajstić information content (AvgIpc) is 2.94. The highest BCUT2D eigenvalue weighted by atomic mass is 15.0. The summed E-state index contributed by atoms with van der Waals surface area (Å²) < 4.78 is 0.